The monoisotopic (exact) mass is 428 g/mol. The first kappa shape index (κ1) is 21.3. The van der Waals surface area contributed by atoms with Gasteiger partial charge in [0.05, 0.1) is 0 Å². The molecule has 0 unspecified atom stereocenters. The number of likely N-dealkylation sites (tertiary alicyclic amines) is 1. The minimum absolute atomic E-state index is 0.0640. The number of carbonyl (C=O) groups excluding carboxylic acids is 1. The molecule has 7 heteroatoms. The van der Waals surface area contributed by atoms with Crippen molar-refractivity contribution in [1.29, 1.82) is 5.26 Å². The van der Waals surface area contributed by atoms with Crippen LogP contribution in [0.1, 0.15) is 36.0 Å². The molecule has 2 aromatic heterocycles. The average Bonchev–Trinajstić information content (AvgIpc) is 2.82. The zero-order chi connectivity index (χ0) is 22.7. The maximum Gasteiger partial charge on any atom is 0.269 e. The largest absolute Gasteiger partial charge is 0.438 e. The fraction of sp³-hybridized carbons (Fsp3) is 0.280. The molecule has 4 rings (SSSR count). The number of pyridine rings is 1. The van der Waals surface area contributed by atoms with Crippen molar-refractivity contribution in [3.8, 4) is 17.7 Å². The van der Waals surface area contributed by atoms with Crippen molar-refractivity contribution in [2.24, 2.45) is 0 Å². The number of aryl methyl sites for hydroxylation is 1. The highest BCUT2D eigenvalue weighted by Gasteiger charge is 2.22. The van der Waals surface area contributed by atoms with Crippen molar-refractivity contribution in [2.75, 3.05) is 13.1 Å². The fourth-order valence-corrected chi connectivity index (χ4v) is 3.78. The molecule has 0 atom stereocenters. The third-order valence-electron chi connectivity index (χ3n) is 5.78. The Kier molecular flexibility index (Phi) is 6.04. The zero-order valence-electron chi connectivity index (χ0n) is 18.2. The second kappa shape index (κ2) is 9.06. The number of aromatic nitrogens is 2. The second-order valence-corrected chi connectivity index (χ2v) is 7.89. The average molecular weight is 428 g/mol. The van der Waals surface area contributed by atoms with Crippen molar-refractivity contribution in [2.45, 2.75) is 33.1 Å². The number of benzene rings is 1. The van der Waals surface area contributed by atoms with Crippen LogP contribution in [0.25, 0.3) is 11.7 Å². The van der Waals surface area contributed by atoms with E-state index in [9.17, 15) is 14.9 Å². The summed E-state index contributed by atoms with van der Waals surface area (Å²) < 4.78 is 7.45. The highest BCUT2D eigenvalue weighted by Crippen LogP contribution is 2.28. The van der Waals surface area contributed by atoms with Crippen molar-refractivity contribution in [3.63, 3.8) is 0 Å². The van der Waals surface area contributed by atoms with Crippen LogP contribution in [0.5, 0.6) is 11.6 Å². The third kappa shape index (κ3) is 4.12. The molecular formula is C25H24N4O3. The van der Waals surface area contributed by atoms with Gasteiger partial charge in [-0.3, -0.25) is 14.0 Å². The van der Waals surface area contributed by atoms with E-state index in [-0.39, 0.29) is 22.9 Å². The molecule has 0 bridgehead atoms. The molecule has 1 fully saturated rings. The van der Waals surface area contributed by atoms with Gasteiger partial charge in [-0.1, -0.05) is 18.2 Å². The molecule has 162 valence electrons. The maximum atomic E-state index is 13.3. The molecule has 3 heterocycles. The van der Waals surface area contributed by atoms with Crippen LogP contribution in [0, 0.1) is 25.2 Å². The SMILES string of the molecule is Cc1cccc(Oc2nc3ccccn3c(=O)c2/C=C(\C#N)C(=O)N2CCCCC2)c1C. The van der Waals surface area contributed by atoms with Crippen LogP contribution >= 0.6 is 0 Å². The van der Waals surface area contributed by atoms with Crippen molar-refractivity contribution in [3.05, 3.63) is 75.2 Å². The molecule has 1 aromatic carbocycles. The molecule has 0 spiro atoms. The van der Waals surface area contributed by atoms with Gasteiger partial charge >= 0.3 is 0 Å². The lowest BCUT2D eigenvalue weighted by atomic mass is 10.1. The fourth-order valence-electron chi connectivity index (χ4n) is 3.78. The predicted octanol–water partition coefficient (Wildman–Crippen LogP) is 4.02. The van der Waals surface area contributed by atoms with Gasteiger partial charge in [-0.2, -0.15) is 10.2 Å². The Labute approximate surface area is 186 Å². The second-order valence-electron chi connectivity index (χ2n) is 7.89. The van der Waals surface area contributed by atoms with Gasteiger partial charge in [0.1, 0.15) is 28.6 Å². The van der Waals surface area contributed by atoms with Gasteiger partial charge in [0.15, 0.2) is 0 Å². The molecule has 7 nitrogen and oxygen atoms in total. The summed E-state index contributed by atoms with van der Waals surface area (Å²) in [6, 6.07) is 12.8. The molecule has 0 N–H and O–H groups in total. The summed E-state index contributed by atoms with van der Waals surface area (Å²) in [6.45, 7) is 5.11. The zero-order valence-corrected chi connectivity index (χ0v) is 18.2. The summed E-state index contributed by atoms with van der Waals surface area (Å²) in [6.07, 6.45) is 5.80. The molecule has 0 saturated carbocycles. The standard InChI is InChI=1S/C25H24N4O3/c1-17-9-8-10-21(18(17)2)32-23-20(25(31)29-14-7-4-11-22(29)27-23)15-19(16-26)24(30)28-12-5-3-6-13-28/h4,7-11,14-15H,3,5-6,12-13H2,1-2H3/b19-15+. The van der Waals surface area contributed by atoms with Gasteiger partial charge in [-0.05, 0) is 68.5 Å². The summed E-state index contributed by atoms with van der Waals surface area (Å²) >= 11 is 0. The number of nitrogens with zero attached hydrogens (tertiary/aromatic N) is 4. The number of hydrogen-bond acceptors (Lipinski definition) is 5. The first-order valence-electron chi connectivity index (χ1n) is 10.7. The molecule has 1 amide bonds. The Hall–Kier alpha value is -3.92. The van der Waals surface area contributed by atoms with E-state index in [4.69, 9.17) is 4.74 Å². The Morgan fingerprint density at radius 1 is 1.12 bits per heavy atom. The summed E-state index contributed by atoms with van der Waals surface area (Å²) in [5.41, 5.74) is 1.92. The predicted molar refractivity (Wildman–Crippen MR) is 121 cm³/mol. The first-order chi connectivity index (χ1) is 15.5. The van der Waals surface area contributed by atoms with Crippen molar-refractivity contribution >= 4 is 17.6 Å². The highest BCUT2D eigenvalue weighted by molar-refractivity contribution is 6.02. The third-order valence-corrected chi connectivity index (χ3v) is 5.78. The van der Waals surface area contributed by atoms with Crippen LogP contribution in [-0.2, 0) is 4.79 Å². The van der Waals surface area contributed by atoms with E-state index in [1.54, 1.807) is 35.4 Å². The number of carbonyl (C=O) groups is 1. The Balaban J connectivity index is 1.85. The van der Waals surface area contributed by atoms with Crippen LogP contribution in [0.15, 0.2) is 53.0 Å². The lowest BCUT2D eigenvalue weighted by molar-refractivity contribution is -0.127. The van der Waals surface area contributed by atoms with Crippen molar-refractivity contribution in [1.82, 2.24) is 14.3 Å². The molecule has 1 aliphatic rings. The number of piperidine rings is 1. The molecular weight excluding hydrogens is 404 g/mol. The van der Waals surface area contributed by atoms with E-state index >= 15 is 0 Å². The van der Waals surface area contributed by atoms with Crippen LogP contribution in [0.3, 0.4) is 0 Å². The Morgan fingerprint density at radius 2 is 1.91 bits per heavy atom. The van der Waals surface area contributed by atoms with E-state index in [1.165, 1.54) is 10.5 Å². The topological polar surface area (TPSA) is 87.7 Å². The Bertz CT molecular complexity index is 1310. The number of nitriles is 1. The quantitative estimate of drug-likeness (QED) is 0.463. The summed E-state index contributed by atoms with van der Waals surface area (Å²) in [4.78, 5) is 32.4. The van der Waals surface area contributed by atoms with Crippen LogP contribution < -0.4 is 10.3 Å². The normalized spacial score (nSPS) is 14.3. The van der Waals surface area contributed by atoms with Gasteiger partial charge < -0.3 is 9.64 Å². The van der Waals surface area contributed by atoms with Crippen LogP contribution in [0.4, 0.5) is 0 Å². The minimum atomic E-state index is -0.407. The first-order valence-corrected chi connectivity index (χ1v) is 10.7. The molecule has 1 saturated heterocycles. The molecule has 0 aliphatic carbocycles. The number of ether oxygens (including phenoxy) is 1. The Morgan fingerprint density at radius 3 is 2.66 bits per heavy atom. The van der Waals surface area contributed by atoms with Crippen LogP contribution in [-0.4, -0.2) is 33.3 Å². The smallest absolute Gasteiger partial charge is 0.269 e. The van der Waals surface area contributed by atoms with Gasteiger partial charge in [0.25, 0.3) is 11.5 Å². The van der Waals surface area contributed by atoms with E-state index < -0.39 is 5.56 Å². The maximum absolute atomic E-state index is 13.3. The van der Waals surface area contributed by atoms with Gasteiger partial charge in [-0.15, -0.1) is 0 Å². The van der Waals surface area contributed by atoms with E-state index in [0.29, 0.717) is 24.5 Å². The molecule has 3 aromatic rings. The minimum Gasteiger partial charge on any atom is -0.438 e. The number of amides is 1. The van der Waals surface area contributed by atoms with Gasteiger partial charge in [0, 0.05) is 19.3 Å². The van der Waals surface area contributed by atoms with E-state index in [1.807, 2.05) is 32.0 Å². The highest BCUT2D eigenvalue weighted by atomic mass is 16.5. The number of rotatable bonds is 4. The number of hydrogen-bond donors (Lipinski definition) is 0. The van der Waals surface area contributed by atoms with E-state index in [2.05, 4.69) is 4.98 Å². The van der Waals surface area contributed by atoms with Crippen molar-refractivity contribution < 1.29 is 9.53 Å². The molecule has 1 aliphatic heterocycles. The van der Waals surface area contributed by atoms with Crippen LogP contribution in [0.2, 0.25) is 0 Å². The summed E-state index contributed by atoms with van der Waals surface area (Å²) in [5.74, 6) is 0.254. The lowest BCUT2D eigenvalue weighted by Crippen LogP contribution is -2.36. The van der Waals surface area contributed by atoms with E-state index in [0.717, 1.165) is 30.4 Å². The summed E-state index contributed by atoms with van der Waals surface area (Å²) in [5, 5.41) is 9.72. The molecule has 0 radical (unpaired) electrons. The lowest BCUT2D eigenvalue weighted by Gasteiger charge is -2.26. The van der Waals surface area contributed by atoms with Gasteiger partial charge in [-0.25, -0.2) is 0 Å². The van der Waals surface area contributed by atoms with Gasteiger partial charge in [0.2, 0.25) is 5.88 Å². The molecule has 32 heavy (non-hydrogen) atoms. The summed E-state index contributed by atoms with van der Waals surface area (Å²) in [7, 11) is 0. The number of fused-ring (bicyclic) bond motifs is 1.